The number of ether oxygens (including phenoxy) is 2. The van der Waals surface area contributed by atoms with Crippen molar-refractivity contribution in [3.8, 4) is 22.8 Å². The molecule has 0 saturated heterocycles. The minimum atomic E-state index is -0.226. The number of carbonyl (C=O) groups is 1. The first-order chi connectivity index (χ1) is 14.7. The first-order valence-electron chi connectivity index (χ1n) is 9.39. The maximum Gasteiger partial charge on any atom is 0.257 e. The quantitative estimate of drug-likeness (QED) is 0.423. The van der Waals surface area contributed by atoms with Crippen LogP contribution in [0.5, 0.6) is 11.5 Å². The molecule has 0 saturated carbocycles. The number of rotatable bonds is 7. The number of carbonyl (C=O) groups excluding carboxylic acids is 1. The van der Waals surface area contributed by atoms with Crippen LogP contribution in [-0.4, -0.2) is 18.0 Å². The third-order valence-electron chi connectivity index (χ3n) is 4.45. The van der Waals surface area contributed by atoms with Crippen LogP contribution in [-0.2, 0) is 6.61 Å². The standard InChI is InChI=1S/C24H20N2O3S/c1-28-20-12-10-18(11-13-20)22-16-30-24(25-22)26-23(27)19-8-5-9-21(14-19)29-15-17-6-3-2-4-7-17/h2-14,16H,15H2,1H3,(H,25,26,27). The average molecular weight is 417 g/mol. The molecular weight excluding hydrogens is 396 g/mol. The molecule has 0 unspecified atom stereocenters. The Morgan fingerprint density at radius 3 is 2.53 bits per heavy atom. The molecule has 4 aromatic rings. The lowest BCUT2D eigenvalue weighted by Gasteiger charge is -2.08. The number of benzene rings is 3. The molecule has 3 aromatic carbocycles. The van der Waals surface area contributed by atoms with Gasteiger partial charge >= 0.3 is 0 Å². The maximum atomic E-state index is 12.7. The number of hydrogen-bond acceptors (Lipinski definition) is 5. The predicted octanol–water partition coefficient (Wildman–Crippen LogP) is 5.65. The molecule has 5 nitrogen and oxygen atoms in total. The van der Waals surface area contributed by atoms with E-state index in [0.717, 1.165) is 22.6 Å². The molecule has 1 amide bonds. The topological polar surface area (TPSA) is 60.5 Å². The first kappa shape index (κ1) is 19.7. The molecule has 0 radical (unpaired) electrons. The Bertz CT molecular complexity index is 1120. The molecule has 0 bridgehead atoms. The van der Waals surface area contributed by atoms with Crippen molar-refractivity contribution >= 4 is 22.4 Å². The van der Waals surface area contributed by atoms with Crippen molar-refractivity contribution in [2.75, 3.05) is 12.4 Å². The van der Waals surface area contributed by atoms with Gasteiger partial charge in [-0.05, 0) is 48.0 Å². The predicted molar refractivity (Wildman–Crippen MR) is 119 cm³/mol. The smallest absolute Gasteiger partial charge is 0.257 e. The van der Waals surface area contributed by atoms with E-state index in [2.05, 4.69) is 10.3 Å². The van der Waals surface area contributed by atoms with Crippen molar-refractivity contribution in [2.24, 2.45) is 0 Å². The Morgan fingerprint density at radius 2 is 1.77 bits per heavy atom. The maximum absolute atomic E-state index is 12.7. The van der Waals surface area contributed by atoms with Crippen LogP contribution in [0.4, 0.5) is 5.13 Å². The van der Waals surface area contributed by atoms with Crippen LogP contribution in [0.15, 0.2) is 84.2 Å². The molecule has 0 aliphatic carbocycles. The van der Waals surface area contributed by atoms with Gasteiger partial charge in [-0.2, -0.15) is 0 Å². The van der Waals surface area contributed by atoms with Crippen LogP contribution in [0, 0.1) is 0 Å². The molecule has 1 N–H and O–H groups in total. The molecule has 6 heteroatoms. The van der Waals surface area contributed by atoms with E-state index in [1.54, 1.807) is 25.3 Å². The summed E-state index contributed by atoms with van der Waals surface area (Å²) in [5.74, 6) is 1.21. The highest BCUT2D eigenvalue weighted by Crippen LogP contribution is 2.27. The third-order valence-corrected chi connectivity index (χ3v) is 5.21. The van der Waals surface area contributed by atoms with Gasteiger partial charge < -0.3 is 9.47 Å². The lowest BCUT2D eigenvalue weighted by atomic mass is 10.2. The molecule has 150 valence electrons. The summed E-state index contributed by atoms with van der Waals surface area (Å²) in [6, 6.07) is 24.7. The monoisotopic (exact) mass is 416 g/mol. The molecule has 0 spiro atoms. The number of aromatic nitrogens is 1. The van der Waals surface area contributed by atoms with E-state index < -0.39 is 0 Å². The fraction of sp³-hybridized carbons (Fsp3) is 0.0833. The van der Waals surface area contributed by atoms with E-state index in [4.69, 9.17) is 9.47 Å². The number of thiazole rings is 1. The van der Waals surface area contributed by atoms with Crippen LogP contribution in [0.25, 0.3) is 11.3 Å². The zero-order valence-corrected chi connectivity index (χ0v) is 17.2. The minimum absolute atomic E-state index is 0.226. The molecular formula is C24H20N2O3S. The molecule has 0 atom stereocenters. The zero-order valence-electron chi connectivity index (χ0n) is 16.4. The third kappa shape index (κ3) is 4.85. The zero-order chi connectivity index (χ0) is 20.8. The molecule has 0 aliphatic rings. The molecule has 30 heavy (non-hydrogen) atoms. The number of methoxy groups -OCH3 is 1. The van der Waals surface area contributed by atoms with Crippen molar-refractivity contribution in [1.82, 2.24) is 4.98 Å². The van der Waals surface area contributed by atoms with Gasteiger partial charge in [-0.15, -0.1) is 11.3 Å². The summed E-state index contributed by atoms with van der Waals surface area (Å²) in [6.07, 6.45) is 0. The average Bonchev–Trinajstić information content (AvgIpc) is 3.27. The van der Waals surface area contributed by atoms with Crippen molar-refractivity contribution in [2.45, 2.75) is 6.61 Å². The fourth-order valence-electron chi connectivity index (χ4n) is 2.86. The summed E-state index contributed by atoms with van der Waals surface area (Å²) in [7, 11) is 1.63. The van der Waals surface area contributed by atoms with Gasteiger partial charge in [-0.1, -0.05) is 36.4 Å². The second-order valence-electron chi connectivity index (χ2n) is 6.52. The largest absolute Gasteiger partial charge is 0.497 e. The van der Waals surface area contributed by atoms with E-state index in [1.807, 2.05) is 66.0 Å². The van der Waals surface area contributed by atoms with Crippen molar-refractivity contribution < 1.29 is 14.3 Å². The van der Waals surface area contributed by atoms with E-state index >= 15 is 0 Å². The highest BCUT2D eigenvalue weighted by atomic mass is 32.1. The van der Waals surface area contributed by atoms with Gasteiger partial charge in [0, 0.05) is 16.5 Å². The Kier molecular flexibility index (Phi) is 6.06. The van der Waals surface area contributed by atoms with Gasteiger partial charge in [0.2, 0.25) is 0 Å². The summed E-state index contributed by atoms with van der Waals surface area (Å²) in [6.45, 7) is 0.448. The molecule has 4 rings (SSSR count). The molecule has 1 heterocycles. The van der Waals surface area contributed by atoms with E-state index in [0.29, 0.717) is 23.1 Å². The van der Waals surface area contributed by atoms with Gasteiger partial charge in [-0.3, -0.25) is 10.1 Å². The van der Waals surface area contributed by atoms with Gasteiger partial charge in [0.1, 0.15) is 18.1 Å². The Labute approximate surface area is 178 Å². The summed E-state index contributed by atoms with van der Waals surface area (Å²) in [5.41, 5.74) is 3.35. The highest BCUT2D eigenvalue weighted by molar-refractivity contribution is 7.14. The van der Waals surface area contributed by atoms with Gasteiger partial charge in [0.05, 0.1) is 12.8 Å². The molecule has 1 aromatic heterocycles. The SMILES string of the molecule is COc1ccc(-c2csc(NC(=O)c3cccc(OCc4ccccc4)c3)n2)cc1. The molecule has 0 fully saturated rings. The number of nitrogens with one attached hydrogen (secondary N) is 1. The summed E-state index contributed by atoms with van der Waals surface area (Å²) in [4.78, 5) is 17.2. The number of hydrogen-bond donors (Lipinski definition) is 1. The van der Waals surface area contributed by atoms with Gasteiger partial charge in [0.25, 0.3) is 5.91 Å². The van der Waals surface area contributed by atoms with Crippen LogP contribution in [0.1, 0.15) is 15.9 Å². The van der Waals surface area contributed by atoms with Crippen LogP contribution in [0.3, 0.4) is 0 Å². The molecule has 0 aliphatic heterocycles. The number of anilines is 1. The Morgan fingerprint density at radius 1 is 0.967 bits per heavy atom. The minimum Gasteiger partial charge on any atom is -0.497 e. The Balaban J connectivity index is 1.41. The van der Waals surface area contributed by atoms with Crippen LogP contribution < -0.4 is 14.8 Å². The summed E-state index contributed by atoms with van der Waals surface area (Å²) in [5, 5.41) is 5.32. The van der Waals surface area contributed by atoms with Gasteiger partial charge in [-0.25, -0.2) is 4.98 Å². The van der Waals surface area contributed by atoms with Crippen LogP contribution >= 0.6 is 11.3 Å². The van der Waals surface area contributed by atoms with E-state index in [1.165, 1.54) is 11.3 Å². The fourth-order valence-corrected chi connectivity index (χ4v) is 3.58. The normalized spacial score (nSPS) is 10.4. The lowest BCUT2D eigenvalue weighted by molar-refractivity contribution is 0.102. The summed E-state index contributed by atoms with van der Waals surface area (Å²) < 4.78 is 11.0. The van der Waals surface area contributed by atoms with Crippen LogP contribution in [0.2, 0.25) is 0 Å². The highest BCUT2D eigenvalue weighted by Gasteiger charge is 2.11. The summed E-state index contributed by atoms with van der Waals surface area (Å²) >= 11 is 1.38. The number of nitrogens with zero attached hydrogens (tertiary/aromatic N) is 1. The van der Waals surface area contributed by atoms with Crippen molar-refractivity contribution in [3.05, 3.63) is 95.4 Å². The second-order valence-corrected chi connectivity index (χ2v) is 7.38. The van der Waals surface area contributed by atoms with Crippen molar-refractivity contribution in [1.29, 1.82) is 0 Å². The van der Waals surface area contributed by atoms with E-state index in [9.17, 15) is 4.79 Å². The second kappa shape index (κ2) is 9.24. The van der Waals surface area contributed by atoms with Gasteiger partial charge in [0.15, 0.2) is 5.13 Å². The number of amides is 1. The lowest BCUT2D eigenvalue weighted by Crippen LogP contribution is -2.11. The van der Waals surface area contributed by atoms with E-state index in [-0.39, 0.29) is 5.91 Å². The van der Waals surface area contributed by atoms with Crippen molar-refractivity contribution in [3.63, 3.8) is 0 Å². The Hall–Kier alpha value is -3.64. The first-order valence-corrected chi connectivity index (χ1v) is 10.3.